The van der Waals surface area contributed by atoms with E-state index in [1.54, 1.807) is 0 Å². The van der Waals surface area contributed by atoms with Gasteiger partial charge in [-0.3, -0.25) is 5.41 Å². The number of aromatic nitrogens is 1. The van der Waals surface area contributed by atoms with Crippen molar-refractivity contribution in [3.05, 3.63) is 22.4 Å². The van der Waals surface area contributed by atoms with Crippen molar-refractivity contribution in [2.24, 2.45) is 0 Å². The average Bonchev–Trinajstić information content (AvgIpc) is 1.94. The second-order valence-corrected chi connectivity index (χ2v) is 2.94. The molecule has 0 spiro atoms. The molecule has 1 rings (SSSR count). The van der Waals surface area contributed by atoms with Crippen LogP contribution in [0.1, 0.15) is 5.56 Å². The SMILES string of the molecule is N=C(Cl)c1ccnc(Br)c1O. The molecule has 0 aromatic carbocycles. The highest BCUT2D eigenvalue weighted by Crippen LogP contribution is 2.25. The van der Waals surface area contributed by atoms with Gasteiger partial charge in [0.25, 0.3) is 0 Å². The van der Waals surface area contributed by atoms with Crippen LogP contribution < -0.4 is 0 Å². The maximum absolute atomic E-state index is 9.23. The van der Waals surface area contributed by atoms with E-state index in [2.05, 4.69) is 20.9 Å². The summed E-state index contributed by atoms with van der Waals surface area (Å²) in [5.41, 5.74) is 0.272. The molecule has 3 nitrogen and oxygen atoms in total. The van der Waals surface area contributed by atoms with Gasteiger partial charge in [-0.05, 0) is 22.0 Å². The molecule has 2 N–H and O–H groups in total. The molecule has 0 unspecified atom stereocenters. The van der Waals surface area contributed by atoms with E-state index in [0.717, 1.165) is 0 Å². The third-order valence-corrected chi connectivity index (χ3v) is 1.90. The molecule has 0 amide bonds. The zero-order chi connectivity index (χ0) is 8.43. The van der Waals surface area contributed by atoms with E-state index in [-0.39, 0.29) is 16.5 Å². The van der Waals surface area contributed by atoms with Crippen LogP contribution in [0.25, 0.3) is 0 Å². The molecule has 0 aliphatic carbocycles. The highest BCUT2D eigenvalue weighted by Gasteiger charge is 2.07. The van der Waals surface area contributed by atoms with Gasteiger partial charge in [0.2, 0.25) is 0 Å². The highest BCUT2D eigenvalue weighted by molar-refractivity contribution is 9.10. The van der Waals surface area contributed by atoms with Gasteiger partial charge in [-0.15, -0.1) is 0 Å². The van der Waals surface area contributed by atoms with Crippen molar-refractivity contribution < 1.29 is 5.11 Å². The molecule has 0 saturated heterocycles. The second-order valence-electron chi connectivity index (χ2n) is 1.81. The van der Waals surface area contributed by atoms with Crippen LogP contribution in [-0.4, -0.2) is 15.3 Å². The number of hydrogen-bond acceptors (Lipinski definition) is 3. The van der Waals surface area contributed by atoms with Crippen molar-refractivity contribution in [2.75, 3.05) is 0 Å². The average molecular weight is 235 g/mol. The Kier molecular flexibility index (Phi) is 2.46. The smallest absolute Gasteiger partial charge is 0.158 e. The molecular formula is C6H4BrClN2O. The summed E-state index contributed by atoms with van der Waals surface area (Å²) in [7, 11) is 0. The van der Waals surface area contributed by atoms with Gasteiger partial charge in [-0.1, -0.05) is 11.6 Å². The lowest BCUT2D eigenvalue weighted by Gasteiger charge is -2.00. The van der Waals surface area contributed by atoms with E-state index in [9.17, 15) is 5.11 Å². The molecular weight excluding hydrogens is 231 g/mol. The first-order valence-electron chi connectivity index (χ1n) is 2.71. The number of hydrogen-bond donors (Lipinski definition) is 2. The minimum atomic E-state index is -0.203. The normalized spacial score (nSPS) is 9.64. The summed E-state index contributed by atoms with van der Waals surface area (Å²) < 4.78 is 0.292. The van der Waals surface area contributed by atoms with Crippen LogP contribution >= 0.6 is 27.5 Å². The summed E-state index contributed by atoms with van der Waals surface area (Å²) in [6, 6.07) is 1.47. The Hall–Kier alpha value is -0.610. The van der Waals surface area contributed by atoms with Gasteiger partial charge in [-0.2, -0.15) is 0 Å². The highest BCUT2D eigenvalue weighted by atomic mass is 79.9. The van der Waals surface area contributed by atoms with Crippen molar-refractivity contribution in [1.82, 2.24) is 4.98 Å². The molecule has 11 heavy (non-hydrogen) atoms. The van der Waals surface area contributed by atoms with Crippen LogP contribution in [0.5, 0.6) is 5.75 Å². The third-order valence-electron chi connectivity index (χ3n) is 1.12. The van der Waals surface area contributed by atoms with E-state index < -0.39 is 0 Å². The summed E-state index contributed by atoms with van der Waals surface area (Å²) in [5.74, 6) is -0.104. The van der Waals surface area contributed by atoms with Crippen LogP contribution in [0, 0.1) is 5.41 Å². The topological polar surface area (TPSA) is 57.0 Å². The lowest BCUT2D eigenvalue weighted by molar-refractivity contribution is 0.467. The fourth-order valence-corrected chi connectivity index (χ4v) is 1.09. The Morgan fingerprint density at radius 3 is 2.82 bits per heavy atom. The minimum absolute atomic E-state index is 0.104. The molecule has 0 aliphatic rings. The Balaban J connectivity index is 3.27. The molecule has 1 heterocycles. The van der Waals surface area contributed by atoms with E-state index in [1.807, 2.05) is 0 Å². The van der Waals surface area contributed by atoms with Crippen molar-refractivity contribution in [3.8, 4) is 5.75 Å². The molecule has 0 bridgehead atoms. The van der Waals surface area contributed by atoms with Gasteiger partial charge in [0, 0.05) is 6.20 Å². The van der Waals surface area contributed by atoms with Gasteiger partial charge >= 0.3 is 0 Å². The molecule has 1 aromatic heterocycles. The Morgan fingerprint density at radius 1 is 1.73 bits per heavy atom. The van der Waals surface area contributed by atoms with Crippen LogP contribution in [0.3, 0.4) is 0 Å². The Bertz CT molecular complexity index is 303. The zero-order valence-corrected chi connectivity index (χ0v) is 7.65. The number of halogens is 2. The van der Waals surface area contributed by atoms with Crippen LogP contribution in [0.4, 0.5) is 0 Å². The van der Waals surface area contributed by atoms with Crippen LogP contribution in [0.15, 0.2) is 16.9 Å². The van der Waals surface area contributed by atoms with E-state index in [1.165, 1.54) is 12.3 Å². The van der Waals surface area contributed by atoms with Gasteiger partial charge in [0.15, 0.2) is 5.75 Å². The summed E-state index contributed by atoms with van der Waals surface area (Å²) in [4.78, 5) is 3.73. The number of rotatable bonds is 1. The molecule has 0 fully saturated rings. The number of nitrogens with zero attached hydrogens (tertiary/aromatic N) is 1. The second kappa shape index (κ2) is 3.19. The molecule has 0 atom stereocenters. The van der Waals surface area contributed by atoms with E-state index in [0.29, 0.717) is 4.60 Å². The Morgan fingerprint density at radius 2 is 2.36 bits per heavy atom. The quantitative estimate of drug-likeness (QED) is 0.578. The fraction of sp³-hybridized carbons (Fsp3) is 0. The first kappa shape index (κ1) is 8.49. The molecule has 5 heteroatoms. The van der Waals surface area contributed by atoms with E-state index >= 15 is 0 Å². The standard InChI is InChI=1S/C6H4BrClN2O/c7-5-4(11)3(6(8)9)1-2-10-5/h1-2,9,11H. The van der Waals surface area contributed by atoms with Gasteiger partial charge in [0.1, 0.15) is 9.77 Å². The van der Waals surface area contributed by atoms with Crippen LogP contribution in [-0.2, 0) is 0 Å². The van der Waals surface area contributed by atoms with Crippen molar-refractivity contribution in [3.63, 3.8) is 0 Å². The third kappa shape index (κ3) is 1.70. The minimum Gasteiger partial charge on any atom is -0.504 e. The molecule has 1 aromatic rings. The summed E-state index contributed by atoms with van der Waals surface area (Å²) in [5, 5.41) is 16.1. The monoisotopic (exact) mass is 234 g/mol. The summed E-state index contributed by atoms with van der Waals surface area (Å²) in [6.07, 6.45) is 1.45. The first-order valence-corrected chi connectivity index (χ1v) is 3.88. The van der Waals surface area contributed by atoms with Gasteiger partial charge < -0.3 is 5.11 Å². The van der Waals surface area contributed by atoms with Crippen molar-refractivity contribution in [2.45, 2.75) is 0 Å². The van der Waals surface area contributed by atoms with Gasteiger partial charge in [0.05, 0.1) is 5.56 Å². The van der Waals surface area contributed by atoms with Gasteiger partial charge in [-0.25, -0.2) is 4.98 Å². The van der Waals surface area contributed by atoms with Crippen molar-refractivity contribution in [1.29, 1.82) is 5.41 Å². The Labute approximate surface area is 76.7 Å². The number of aromatic hydroxyl groups is 1. The largest absolute Gasteiger partial charge is 0.504 e. The number of nitrogens with one attached hydrogen (secondary N) is 1. The molecule has 58 valence electrons. The number of pyridine rings is 1. The predicted molar refractivity (Wildman–Crippen MR) is 46.3 cm³/mol. The fourth-order valence-electron chi connectivity index (χ4n) is 0.606. The summed E-state index contributed by atoms with van der Waals surface area (Å²) >= 11 is 8.35. The van der Waals surface area contributed by atoms with Crippen molar-refractivity contribution >= 4 is 32.7 Å². The predicted octanol–water partition coefficient (Wildman–Crippen LogP) is 2.11. The summed E-state index contributed by atoms with van der Waals surface area (Å²) in [6.45, 7) is 0. The zero-order valence-electron chi connectivity index (χ0n) is 5.31. The molecule has 0 radical (unpaired) electrons. The van der Waals surface area contributed by atoms with Crippen LogP contribution in [0.2, 0.25) is 0 Å². The lowest BCUT2D eigenvalue weighted by atomic mass is 10.3. The maximum Gasteiger partial charge on any atom is 0.158 e. The molecule has 0 saturated carbocycles. The molecule has 0 aliphatic heterocycles. The lowest BCUT2D eigenvalue weighted by Crippen LogP contribution is -1.90. The maximum atomic E-state index is 9.23. The van der Waals surface area contributed by atoms with E-state index in [4.69, 9.17) is 17.0 Å². The first-order chi connectivity index (χ1) is 5.13.